The lowest BCUT2D eigenvalue weighted by atomic mass is 9.79. The zero-order chi connectivity index (χ0) is 12.6. The van der Waals surface area contributed by atoms with E-state index in [0.717, 1.165) is 5.56 Å². The van der Waals surface area contributed by atoms with Gasteiger partial charge in [-0.05, 0) is 36.3 Å². The summed E-state index contributed by atoms with van der Waals surface area (Å²) in [6.07, 6.45) is 2.35. The molecule has 2 aliphatic rings. The van der Waals surface area contributed by atoms with Crippen LogP contribution in [0.1, 0.15) is 42.4 Å². The molecule has 0 spiro atoms. The summed E-state index contributed by atoms with van der Waals surface area (Å²) in [4.78, 5) is 0. The van der Waals surface area contributed by atoms with Gasteiger partial charge in [0.15, 0.2) is 0 Å². The normalized spacial score (nSPS) is 28.9. The second kappa shape index (κ2) is 4.38. The van der Waals surface area contributed by atoms with E-state index in [9.17, 15) is 10.4 Å². The van der Waals surface area contributed by atoms with E-state index in [1.165, 1.54) is 18.4 Å². The van der Waals surface area contributed by atoms with E-state index < -0.39 is 11.5 Å². The molecule has 1 aliphatic heterocycles. The van der Waals surface area contributed by atoms with Crippen LogP contribution >= 0.6 is 0 Å². The Morgan fingerprint density at radius 2 is 2.28 bits per heavy atom. The molecular formula is C15H17NO2. The third-order valence-corrected chi connectivity index (χ3v) is 4.07. The van der Waals surface area contributed by atoms with Gasteiger partial charge in [-0.1, -0.05) is 24.3 Å². The smallest absolute Gasteiger partial charge is 0.113 e. The SMILES string of the molecule is N#CC1(C(O)c2cccc(C3CC3)c2)CCOC1. The van der Waals surface area contributed by atoms with E-state index in [-0.39, 0.29) is 0 Å². The maximum Gasteiger partial charge on any atom is 0.113 e. The van der Waals surface area contributed by atoms with E-state index in [0.29, 0.717) is 25.6 Å². The molecule has 2 fully saturated rings. The van der Waals surface area contributed by atoms with Crippen molar-refractivity contribution < 1.29 is 9.84 Å². The molecule has 2 atom stereocenters. The fourth-order valence-corrected chi connectivity index (χ4v) is 2.66. The molecule has 0 radical (unpaired) electrons. The van der Waals surface area contributed by atoms with E-state index >= 15 is 0 Å². The van der Waals surface area contributed by atoms with Gasteiger partial charge in [0.1, 0.15) is 5.41 Å². The lowest BCUT2D eigenvalue weighted by Crippen LogP contribution is -2.27. The average Bonchev–Trinajstić information content (AvgIpc) is 3.16. The van der Waals surface area contributed by atoms with Crippen molar-refractivity contribution in [3.63, 3.8) is 0 Å². The second-order valence-corrected chi connectivity index (χ2v) is 5.42. The molecule has 3 nitrogen and oxygen atoms in total. The highest BCUT2D eigenvalue weighted by Gasteiger charge is 2.43. The summed E-state index contributed by atoms with van der Waals surface area (Å²) >= 11 is 0. The second-order valence-electron chi connectivity index (χ2n) is 5.42. The molecule has 1 N–H and O–H groups in total. The first kappa shape index (κ1) is 11.7. The molecule has 3 heteroatoms. The Morgan fingerprint density at radius 1 is 1.44 bits per heavy atom. The summed E-state index contributed by atoms with van der Waals surface area (Å²) in [5, 5.41) is 19.8. The highest BCUT2D eigenvalue weighted by Crippen LogP contribution is 2.44. The zero-order valence-electron chi connectivity index (χ0n) is 10.3. The Bertz CT molecular complexity index is 482. The monoisotopic (exact) mass is 243 g/mol. The number of aliphatic hydroxyl groups excluding tert-OH is 1. The maximum absolute atomic E-state index is 10.5. The van der Waals surface area contributed by atoms with Crippen molar-refractivity contribution in [1.82, 2.24) is 0 Å². The molecule has 1 aliphatic carbocycles. The summed E-state index contributed by atoms with van der Waals surface area (Å²) in [5.41, 5.74) is 1.38. The first-order chi connectivity index (χ1) is 8.75. The van der Waals surface area contributed by atoms with Gasteiger partial charge in [-0.25, -0.2) is 0 Å². The summed E-state index contributed by atoms with van der Waals surface area (Å²) in [7, 11) is 0. The van der Waals surface area contributed by atoms with Crippen LogP contribution in [0, 0.1) is 16.7 Å². The van der Waals surface area contributed by atoms with Gasteiger partial charge in [-0.3, -0.25) is 0 Å². The Balaban J connectivity index is 1.89. The van der Waals surface area contributed by atoms with E-state index in [4.69, 9.17) is 4.74 Å². The highest BCUT2D eigenvalue weighted by molar-refractivity contribution is 5.32. The van der Waals surface area contributed by atoms with Crippen LogP contribution in [0.25, 0.3) is 0 Å². The van der Waals surface area contributed by atoms with Crippen molar-refractivity contribution in [2.75, 3.05) is 13.2 Å². The molecule has 1 aromatic carbocycles. The lowest BCUT2D eigenvalue weighted by Gasteiger charge is -2.26. The fourth-order valence-electron chi connectivity index (χ4n) is 2.66. The highest BCUT2D eigenvalue weighted by atomic mass is 16.5. The van der Waals surface area contributed by atoms with Crippen LogP contribution in [0.5, 0.6) is 0 Å². The van der Waals surface area contributed by atoms with E-state index in [1.54, 1.807) is 0 Å². The van der Waals surface area contributed by atoms with Gasteiger partial charge in [0.25, 0.3) is 0 Å². The first-order valence-corrected chi connectivity index (χ1v) is 6.52. The number of aliphatic hydroxyl groups is 1. The molecule has 94 valence electrons. The summed E-state index contributed by atoms with van der Waals surface area (Å²) < 4.78 is 5.30. The van der Waals surface area contributed by atoms with Crippen molar-refractivity contribution >= 4 is 0 Å². The van der Waals surface area contributed by atoms with E-state index in [2.05, 4.69) is 18.2 Å². The van der Waals surface area contributed by atoms with Crippen LogP contribution in [0.2, 0.25) is 0 Å². The Labute approximate surface area is 107 Å². The number of ether oxygens (including phenoxy) is 1. The minimum Gasteiger partial charge on any atom is -0.387 e. The van der Waals surface area contributed by atoms with Crippen LogP contribution in [0.3, 0.4) is 0 Å². The van der Waals surface area contributed by atoms with Crippen molar-refractivity contribution in [3.05, 3.63) is 35.4 Å². The van der Waals surface area contributed by atoms with Crippen molar-refractivity contribution in [3.8, 4) is 6.07 Å². The molecular weight excluding hydrogens is 226 g/mol. The predicted octanol–water partition coefficient (Wildman–Crippen LogP) is 2.53. The minimum atomic E-state index is -0.762. The Hall–Kier alpha value is -1.37. The summed E-state index contributed by atoms with van der Waals surface area (Å²) in [6, 6.07) is 10.3. The largest absolute Gasteiger partial charge is 0.387 e. The number of nitrogens with zero attached hydrogens (tertiary/aromatic N) is 1. The molecule has 3 rings (SSSR count). The quantitative estimate of drug-likeness (QED) is 0.887. The van der Waals surface area contributed by atoms with Crippen LogP contribution in [0.15, 0.2) is 24.3 Å². The Kier molecular flexibility index (Phi) is 2.85. The maximum atomic E-state index is 10.5. The van der Waals surface area contributed by atoms with E-state index in [1.807, 2.05) is 12.1 Å². The van der Waals surface area contributed by atoms with Gasteiger partial charge in [0.05, 0.1) is 18.8 Å². The third-order valence-electron chi connectivity index (χ3n) is 4.07. The molecule has 0 aromatic heterocycles. The molecule has 0 bridgehead atoms. The van der Waals surface area contributed by atoms with Crippen LogP contribution in [-0.2, 0) is 4.74 Å². The molecule has 1 aromatic rings. The van der Waals surface area contributed by atoms with Crippen LogP contribution in [0.4, 0.5) is 0 Å². The Morgan fingerprint density at radius 3 is 2.89 bits per heavy atom. The predicted molar refractivity (Wildman–Crippen MR) is 66.9 cm³/mol. The molecule has 18 heavy (non-hydrogen) atoms. The van der Waals surface area contributed by atoms with Gasteiger partial charge >= 0.3 is 0 Å². The number of hydrogen-bond acceptors (Lipinski definition) is 3. The number of rotatable bonds is 3. The van der Waals surface area contributed by atoms with Crippen molar-refractivity contribution in [2.45, 2.75) is 31.3 Å². The topological polar surface area (TPSA) is 53.2 Å². The van der Waals surface area contributed by atoms with Gasteiger partial charge < -0.3 is 9.84 Å². The molecule has 1 saturated heterocycles. The number of benzene rings is 1. The summed E-state index contributed by atoms with van der Waals surface area (Å²) in [6.45, 7) is 0.894. The van der Waals surface area contributed by atoms with Crippen molar-refractivity contribution in [2.24, 2.45) is 5.41 Å². The van der Waals surface area contributed by atoms with Gasteiger partial charge in [-0.15, -0.1) is 0 Å². The average molecular weight is 243 g/mol. The first-order valence-electron chi connectivity index (χ1n) is 6.52. The lowest BCUT2D eigenvalue weighted by molar-refractivity contribution is 0.0503. The van der Waals surface area contributed by atoms with Crippen molar-refractivity contribution in [1.29, 1.82) is 5.26 Å². The summed E-state index contributed by atoms with van der Waals surface area (Å²) in [5.74, 6) is 0.662. The molecule has 1 heterocycles. The van der Waals surface area contributed by atoms with Crippen LogP contribution < -0.4 is 0 Å². The number of hydrogen-bond donors (Lipinski definition) is 1. The molecule has 2 unspecified atom stereocenters. The standard InChI is InChI=1S/C15H17NO2/c16-9-15(6-7-18-10-15)14(17)13-3-1-2-12(8-13)11-4-5-11/h1-3,8,11,14,17H,4-7,10H2. The van der Waals surface area contributed by atoms with Gasteiger partial charge in [-0.2, -0.15) is 5.26 Å². The van der Waals surface area contributed by atoms with Gasteiger partial charge in [0.2, 0.25) is 0 Å². The fraction of sp³-hybridized carbons (Fsp3) is 0.533. The van der Waals surface area contributed by atoms with Crippen LogP contribution in [-0.4, -0.2) is 18.3 Å². The zero-order valence-corrected chi connectivity index (χ0v) is 10.3. The third kappa shape index (κ3) is 1.92. The van der Waals surface area contributed by atoms with Gasteiger partial charge in [0, 0.05) is 6.61 Å². The molecule has 0 amide bonds. The molecule has 1 saturated carbocycles. The number of nitriles is 1. The minimum absolute atomic E-state index is 0.332.